The molecule has 1 aliphatic carbocycles. The summed E-state index contributed by atoms with van der Waals surface area (Å²) in [7, 11) is 1.69. The number of hydrogen-bond acceptors (Lipinski definition) is 2. The molecule has 0 radical (unpaired) electrons. The predicted octanol–water partition coefficient (Wildman–Crippen LogP) is 1.64. The molecule has 2 heteroatoms. The number of nitrogens with two attached hydrogens (primary N) is 1. The molecule has 2 rings (SSSR count). The second-order valence-corrected chi connectivity index (χ2v) is 3.21. The Bertz CT molecular complexity index is 296. The van der Waals surface area contributed by atoms with Crippen molar-refractivity contribution in [2.24, 2.45) is 5.73 Å². The molecule has 0 heterocycles. The molecule has 0 amide bonds. The maximum Gasteiger partial charge on any atom is 0.119 e. The van der Waals surface area contributed by atoms with E-state index >= 15 is 0 Å². The second kappa shape index (κ2) is 2.79. The normalized spacial score (nSPS) is 20.7. The van der Waals surface area contributed by atoms with E-state index < -0.39 is 0 Å². The first-order valence-corrected chi connectivity index (χ1v) is 4.23. The molecule has 0 spiro atoms. The van der Waals surface area contributed by atoms with E-state index in [9.17, 15) is 0 Å². The third-order valence-corrected chi connectivity index (χ3v) is 2.47. The van der Waals surface area contributed by atoms with Crippen LogP contribution in [0.3, 0.4) is 0 Å². The summed E-state index contributed by atoms with van der Waals surface area (Å²) in [5, 5.41) is 0. The van der Waals surface area contributed by atoms with Gasteiger partial charge in [-0.3, -0.25) is 0 Å². The fourth-order valence-corrected chi connectivity index (χ4v) is 1.75. The van der Waals surface area contributed by atoms with E-state index in [1.807, 2.05) is 6.07 Å². The average Bonchev–Trinajstić information content (AvgIpc) is 2.47. The summed E-state index contributed by atoms with van der Waals surface area (Å²) in [6, 6.07) is 6.38. The molecule has 0 fully saturated rings. The molecule has 2 nitrogen and oxygen atoms in total. The van der Waals surface area contributed by atoms with Crippen LogP contribution in [0.1, 0.15) is 23.6 Å². The molecule has 0 bridgehead atoms. The first kappa shape index (κ1) is 7.62. The molecule has 0 saturated heterocycles. The van der Waals surface area contributed by atoms with Gasteiger partial charge < -0.3 is 10.5 Å². The largest absolute Gasteiger partial charge is 0.497 e. The van der Waals surface area contributed by atoms with Crippen LogP contribution in [0.5, 0.6) is 5.75 Å². The number of benzene rings is 1. The average molecular weight is 163 g/mol. The van der Waals surface area contributed by atoms with Crippen LogP contribution < -0.4 is 10.5 Å². The molecule has 1 aromatic rings. The van der Waals surface area contributed by atoms with E-state index in [2.05, 4.69) is 12.1 Å². The zero-order valence-corrected chi connectivity index (χ0v) is 7.21. The predicted molar refractivity (Wildman–Crippen MR) is 48.2 cm³/mol. The van der Waals surface area contributed by atoms with E-state index in [-0.39, 0.29) is 6.04 Å². The fraction of sp³-hybridized carbons (Fsp3) is 0.400. The summed E-state index contributed by atoms with van der Waals surface area (Å²) in [5.74, 6) is 0.933. The molecule has 64 valence electrons. The Morgan fingerprint density at radius 3 is 3.08 bits per heavy atom. The lowest BCUT2D eigenvalue weighted by atomic mass is 10.1. The Morgan fingerprint density at radius 1 is 1.50 bits per heavy atom. The van der Waals surface area contributed by atoms with Gasteiger partial charge in [0.15, 0.2) is 0 Å². The summed E-state index contributed by atoms with van der Waals surface area (Å²) in [6.45, 7) is 0. The highest BCUT2D eigenvalue weighted by Crippen LogP contribution is 2.31. The van der Waals surface area contributed by atoms with E-state index in [0.29, 0.717) is 0 Å². The minimum atomic E-state index is 0.242. The molecule has 1 aliphatic rings. The first-order valence-electron chi connectivity index (χ1n) is 4.23. The van der Waals surface area contributed by atoms with Crippen molar-refractivity contribution in [2.45, 2.75) is 18.9 Å². The van der Waals surface area contributed by atoms with Crippen molar-refractivity contribution in [1.82, 2.24) is 0 Å². The van der Waals surface area contributed by atoms with Gasteiger partial charge in [0.25, 0.3) is 0 Å². The lowest BCUT2D eigenvalue weighted by molar-refractivity contribution is 0.414. The first-order chi connectivity index (χ1) is 5.81. The minimum absolute atomic E-state index is 0.242. The number of ether oxygens (including phenoxy) is 1. The Labute approximate surface area is 72.3 Å². The van der Waals surface area contributed by atoms with Crippen LogP contribution >= 0.6 is 0 Å². The number of fused-ring (bicyclic) bond motifs is 1. The Hall–Kier alpha value is -1.02. The van der Waals surface area contributed by atoms with Gasteiger partial charge in [-0.25, -0.2) is 0 Å². The maximum atomic E-state index is 5.90. The lowest BCUT2D eigenvalue weighted by Gasteiger charge is -2.05. The summed E-state index contributed by atoms with van der Waals surface area (Å²) in [5.41, 5.74) is 8.53. The maximum absolute atomic E-state index is 5.90. The van der Waals surface area contributed by atoms with Gasteiger partial charge in [0.2, 0.25) is 0 Å². The van der Waals surface area contributed by atoms with Gasteiger partial charge >= 0.3 is 0 Å². The SMILES string of the molecule is COc1ccc2c(c1)CC[C@H]2N. The van der Waals surface area contributed by atoms with Crippen molar-refractivity contribution >= 4 is 0 Å². The summed E-state index contributed by atoms with van der Waals surface area (Å²) < 4.78 is 5.13. The molecule has 1 aromatic carbocycles. The Morgan fingerprint density at radius 2 is 2.33 bits per heavy atom. The van der Waals surface area contributed by atoms with E-state index in [4.69, 9.17) is 10.5 Å². The van der Waals surface area contributed by atoms with Crippen molar-refractivity contribution in [3.8, 4) is 5.75 Å². The highest BCUT2D eigenvalue weighted by molar-refractivity contribution is 5.40. The molecule has 0 aromatic heterocycles. The van der Waals surface area contributed by atoms with Gasteiger partial charge in [0.1, 0.15) is 5.75 Å². The molecule has 0 aliphatic heterocycles. The van der Waals surface area contributed by atoms with E-state index in [0.717, 1.165) is 18.6 Å². The number of methoxy groups -OCH3 is 1. The van der Waals surface area contributed by atoms with E-state index in [1.165, 1.54) is 11.1 Å². The highest BCUT2D eigenvalue weighted by Gasteiger charge is 2.18. The number of rotatable bonds is 1. The smallest absolute Gasteiger partial charge is 0.119 e. The quantitative estimate of drug-likeness (QED) is 0.683. The van der Waals surface area contributed by atoms with Crippen molar-refractivity contribution in [3.63, 3.8) is 0 Å². The van der Waals surface area contributed by atoms with Gasteiger partial charge in [0.05, 0.1) is 7.11 Å². The summed E-state index contributed by atoms with van der Waals surface area (Å²) in [6.07, 6.45) is 2.16. The Kier molecular flexibility index (Phi) is 1.77. The van der Waals surface area contributed by atoms with Gasteiger partial charge in [-0.1, -0.05) is 6.07 Å². The van der Waals surface area contributed by atoms with Crippen LogP contribution in [0, 0.1) is 0 Å². The van der Waals surface area contributed by atoms with Crippen LogP contribution in [-0.4, -0.2) is 7.11 Å². The molecular formula is C10H13NO. The molecule has 0 saturated carbocycles. The zero-order valence-electron chi connectivity index (χ0n) is 7.21. The van der Waals surface area contributed by atoms with Gasteiger partial charge in [0, 0.05) is 6.04 Å². The molecule has 0 unspecified atom stereocenters. The zero-order chi connectivity index (χ0) is 8.55. The van der Waals surface area contributed by atoms with Crippen LogP contribution in [0.15, 0.2) is 18.2 Å². The topological polar surface area (TPSA) is 35.2 Å². The van der Waals surface area contributed by atoms with Crippen molar-refractivity contribution in [1.29, 1.82) is 0 Å². The number of hydrogen-bond donors (Lipinski definition) is 1. The van der Waals surface area contributed by atoms with Crippen LogP contribution in [-0.2, 0) is 6.42 Å². The third-order valence-electron chi connectivity index (χ3n) is 2.47. The lowest BCUT2D eigenvalue weighted by Crippen LogP contribution is -2.04. The third kappa shape index (κ3) is 1.08. The summed E-state index contributed by atoms with van der Waals surface area (Å²) >= 11 is 0. The Balaban J connectivity index is 2.41. The van der Waals surface area contributed by atoms with Crippen LogP contribution in [0.25, 0.3) is 0 Å². The van der Waals surface area contributed by atoms with Crippen molar-refractivity contribution < 1.29 is 4.74 Å². The molecule has 2 N–H and O–H groups in total. The van der Waals surface area contributed by atoms with Gasteiger partial charge in [-0.2, -0.15) is 0 Å². The fourth-order valence-electron chi connectivity index (χ4n) is 1.75. The van der Waals surface area contributed by atoms with Gasteiger partial charge in [-0.05, 0) is 36.1 Å². The van der Waals surface area contributed by atoms with Gasteiger partial charge in [-0.15, -0.1) is 0 Å². The highest BCUT2D eigenvalue weighted by atomic mass is 16.5. The van der Waals surface area contributed by atoms with E-state index in [1.54, 1.807) is 7.11 Å². The number of aryl methyl sites for hydroxylation is 1. The van der Waals surface area contributed by atoms with Crippen molar-refractivity contribution in [3.05, 3.63) is 29.3 Å². The molecule has 1 atom stereocenters. The van der Waals surface area contributed by atoms with Crippen LogP contribution in [0.2, 0.25) is 0 Å². The molecular weight excluding hydrogens is 150 g/mol. The standard InChI is InChI=1S/C10H13NO/c1-12-8-3-4-9-7(6-8)2-5-10(9)11/h3-4,6,10H,2,5,11H2,1H3/t10-/m1/s1. The van der Waals surface area contributed by atoms with Crippen molar-refractivity contribution in [2.75, 3.05) is 7.11 Å². The second-order valence-electron chi connectivity index (χ2n) is 3.21. The minimum Gasteiger partial charge on any atom is -0.497 e. The molecule has 12 heavy (non-hydrogen) atoms. The monoisotopic (exact) mass is 163 g/mol. The van der Waals surface area contributed by atoms with Crippen LogP contribution in [0.4, 0.5) is 0 Å². The summed E-state index contributed by atoms with van der Waals surface area (Å²) in [4.78, 5) is 0.